The summed E-state index contributed by atoms with van der Waals surface area (Å²) in [4.78, 5) is 27.2. The lowest BCUT2D eigenvalue weighted by molar-refractivity contribution is -0.123. The van der Waals surface area contributed by atoms with Crippen LogP contribution in [0.2, 0.25) is 5.15 Å². The summed E-state index contributed by atoms with van der Waals surface area (Å²) >= 11 is 6.63. The Balaban J connectivity index is 1.32. The van der Waals surface area contributed by atoms with Crippen molar-refractivity contribution in [1.82, 2.24) is 19.4 Å². The van der Waals surface area contributed by atoms with Crippen LogP contribution in [0.5, 0.6) is 0 Å². The van der Waals surface area contributed by atoms with Gasteiger partial charge in [0.15, 0.2) is 5.15 Å². The second-order valence-corrected chi connectivity index (χ2v) is 11.8. The zero-order valence-corrected chi connectivity index (χ0v) is 22.1. The first-order chi connectivity index (χ1) is 17.1. The summed E-state index contributed by atoms with van der Waals surface area (Å²) in [5.74, 6) is 0.136. The molecule has 6 rings (SSSR count). The predicted octanol–water partition coefficient (Wildman–Crippen LogP) is 5.92. The lowest BCUT2D eigenvalue weighted by Crippen LogP contribution is -2.58. The molecule has 1 aliphatic carbocycles. The Labute approximate surface area is 216 Å². The highest BCUT2D eigenvalue weighted by molar-refractivity contribution is 6.34. The number of aromatic nitrogens is 3. The maximum atomic E-state index is 14.0. The smallest absolute Gasteiger partial charge is 0.237 e. The highest BCUT2D eigenvalue weighted by atomic mass is 35.5. The van der Waals surface area contributed by atoms with E-state index in [1.165, 1.54) is 0 Å². The van der Waals surface area contributed by atoms with Crippen LogP contribution in [0, 0.1) is 0 Å². The molecule has 190 valence electrons. The summed E-state index contributed by atoms with van der Waals surface area (Å²) in [6.07, 6.45) is 4.44. The number of pyridine rings is 1. The highest BCUT2D eigenvalue weighted by Crippen LogP contribution is 2.47. The number of halogens is 2. The Bertz CT molecular complexity index is 1350. The minimum atomic E-state index is -0.725. The van der Waals surface area contributed by atoms with Gasteiger partial charge in [0.2, 0.25) is 5.91 Å². The van der Waals surface area contributed by atoms with Crippen LogP contribution in [-0.2, 0) is 10.2 Å². The second-order valence-electron chi connectivity index (χ2n) is 11.5. The second kappa shape index (κ2) is 8.52. The van der Waals surface area contributed by atoms with Gasteiger partial charge in [0, 0.05) is 35.9 Å². The number of hydrogen-bond donors (Lipinski definition) is 0. The van der Waals surface area contributed by atoms with Gasteiger partial charge in [-0.25, -0.2) is 14.4 Å². The number of imidazole rings is 1. The predicted molar refractivity (Wildman–Crippen MR) is 141 cm³/mol. The SMILES string of the molecule is CC(C)n1cnc2cc(-c3ccc4c(c3)N(C3CC(N5CCCC(F)C5)C3)C(=O)C4(C)C)nc(Cl)c21. The van der Waals surface area contributed by atoms with Gasteiger partial charge in [0.25, 0.3) is 0 Å². The number of hydrogen-bond acceptors (Lipinski definition) is 4. The normalized spacial score (nSPS) is 26.0. The summed E-state index contributed by atoms with van der Waals surface area (Å²) in [6, 6.07) is 8.86. The Morgan fingerprint density at radius 3 is 2.67 bits per heavy atom. The van der Waals surface area contributed by atoms with Gasteiger partial charge in [-0.1, -0.05) is 23.7 Å². The fourth-order valence-electron chi connectivity index (χ4n) is 6.21. The van der Waals surface area contributed by atoms with Gasteiger partial charge in [-0.15, -0.1) is 0 Å². The van der Waals surface area contributed by atoms with Crippen LogP contribution in [0.15, 0.2) is 30.6 Å². The minimum absolute atomic E-state index is 0.136. The van der Waals surface area contributed by atoms with E-state index in [1.807, 2.05) is 35.4 Å². The molecule has 0 N–H and O–H groups in total. The molecule has 0 spiro atoms. The monoisotopic (exact) mass is 509 g/mol. The average molecular weight is 510 g/mol. The third-order valence-corrected chi connectivity index (χ3v) is 8.67. The Kier molecular flexibility index (Phi) is 5.65. The van der Waals surface area contributed by atoms with Crippen molar-refractivity contribution >= 4 is 34.2 Å². The highest BCUT2D eigenvalue weighted by Gasteiger charge is 2.50. The molecule has 1 unspecified atom stereocenters. The van der Waals surface area contributed by atoms with Crippen molar-refractivity contribution in [3.63, 3.8) is 0 Å². The fourth-order valence-corrected chi connectivity index (χ4v) is 6.50. The van der Waals surface area contributed by atoms with Crippen molar-refractivity contribution in [3.05, 3.63) is 41.3 Å². The summed E-state index contributed by atoms with van der Waals surface area (Å²) in [6.45, 7) is 9.67. The number of carbonyl (C=O) groups excluding carboxylic acids is 1. The van der Waals surface area contributed by atoms with Crippen molar-refractivity contribution in [3.8, 4) is 11.3 Å². The van der Waals surface area contributed by atoms with Crippen LogP contribution in [0.1, 0.15) is 65.0 Å². The zero-order valence-electron chi connectivity index (χ0n) is 21.3. The van der Waals surface area contributed by atoms with Gasteiger partial charge < -0.3 is 9.47 Å². The Morgan fingerprint density at radius 1 is 1.17 bits per heavy atom. The third kappa shape index (κ3) is 3.66. The molecule has 8 heteroatoms. The molecule has 4 heterocycles. The number of amides is 1. The number of carbonyl (C=O) groups is 1. The van der Waals surface area contributed by atoms with Crippen LogP contribution in [-0.4, -0.2) is 56.7 Å². The maximum Gasteiger partial charge on any atom is 0.237 e. The third-order valence-electron chi connectivity index (χ3n) is 8.41. The van der Waals surface area contributed by atoms with Gasteiger partial charge in [-0.05, 0) is 77.6 Å². The zero-order chi connectivity index (χ0) is 25.4. The molecule has 1 amide bonds. The largest absolute Gasteiger partial charge is 0.326 e. The summed E-state index contributed by atoms with van der Waals surface area (Å²) in [7, 11) is 0. The van der Waals surface area contributed by atoms with E-state index in [9.17, 15) is 9.18 Å². The number of rotatable bonds is 4. The molecule has 6 nitrogen and oxygen atoms in total. The van der Waals surface area contributed by atoms with Crippen LogP contribution < -0.4 is 4.90 Å². The van der Waals surface area contributed by atoms with E-state index in [1.54, 1.807) is 6.33 Å². The molecule has 0 bridgehead atoms. The van der Waals surface area contributed by atoms with E-state index < -0.39 is 11.6 Å². The quantitative estimate of drug-likeness (QED) is 0.409. The van der Waals surface area contributed by atoms with Gasteiger partial charge >= 0.3 is 0 Å². The van der Waals surface area contributed by atoms with Crippen molar-refractivity contribution in [2.24, 2.45) is 0 Å². The van der Waals surface area contributed by atoms with Crippen molar-refractivity contribution in [1.29, 1.82) is 0 Å². The molecular formula is C28H33ClFN5O. The van der Waals surface area contributed by atoms with Crippen LogP contribution in [0.3, 0.4) is 0 Å². The van der Waals surface area contributed by atoms with Gasteiger partial charge in [-0.2, -0.15) is 0 Å². The molecule has 2 aromatic heterocycles. The Hall–Kier alpha value is -2.51. The van der Waals surface area contributed by atoms with E-state index >= 15 is 0 Å². The van der Waals surface area contributed by atoms with Crippen LogP contribution in [0.4, 0.5) is 10.1 Å². The number of alkyl halides is 1. The molecule has 36 heavy (non-hydrogen) atoms. The maximum absolute atomic E-state index is 14.0. The van der Waals surface area contributed by atoms with E-state index in [4.69, 9.17) is 16.6 Å². The lowest BCUT2D eigenvalue weighted by Gasteiger charge is -2.48. The topological polar surface area (TPSA) is 54.3 Å². The van der Waals surface area contributed by atoms with E-state index in [0.29, 0.717) is 24.2 Å². The number of fused-ring (bicyclic) bond motifs is 2. The average Bonchev–Trinajstić information content (AvgIpc) is 3.32. The lowest BCUT2D eigenvalue weighted by atomic mass is 9.82. The molecule has 1 saturated carbocycles. The number of likely N-dealkylation sites (tertiary alicyclic amines) is 1. The van der Waals surface area contributed by atoms with E-state index in [0.717, 1.165) is 59.3 Å². The van der Waals surface area contributed by atoms with Crippen molar-refractivity contribution in [2.45, 2.75) is 83.1 Å². The first kappa shape index (κ1) is 23.9. The van der Waals surface area contributed by atoms with Gasteiger partial charge in [-0.3, -0.25) is 9.69 Å². The molecule has 2 fully saturated rings. The number of benzene rings is 1. The summed E-state index contributed by atoms with van der Waals surface area (Å²) in [5.41, 5.74) is 4.72. The molecule has 3 aromatic rings. The van der Waals surface area contributed by atoms with Crippen molar-refractivity contribution < 1.29 is 9.18 Å². The molecule has 3 aliphatic rings. The van der Waals surface area contributed by atoms with E-state index in [2.05, 4.69) is 35.9 Å². The van der Waals surface area contributed by atoms with Gasteiger partial charge in [0.05, 0.1) is 23.0 Å². The number of nitrogens with zero attached hydrogens (tertiary/aromatic N) is 5. The summed E-state index contributed by atoms with van der Waals surface area (Å²) < 4.78 is 16.0. The van der Waals surface area contributed by atoms with Crippen LogP contribution in [0.25, 0.3) is 22.3 Å². The van der Waals surface area contributed by atoms with Gasteiger partial charge in [0.1, 0.15) is 11.7 Å². The summed E-state index contributed by atoms with van der Waals surface area (Å²) in [5, 5.41) is 0.428. The molecule has 1 atom stereocenters. The first-order valence-electron chi connectivity index (χ1n) is 13.0. The fraction of sp³-hybridized carbons (Fsp3) is 0.536. The van der Waals surface area contributed by atoms with E-state index in [-0.39, 0.29) is 18.0 Å². The molecule has 1 saturated heterocycles. The van der Waals surface area contributed by atoms with Crippen LogP contribution >= 0.6 is 11.6 Å². The number of anilines is 1. The number of piperidine rings is 1. The first-order valence-corrected chi connectivity index (χ1v) is 13.4. The molecule has 0 radical (unpaired) electrons. The van der Waals surface area contributed by atoms with Crippen molar-refractivity contribution in [2.75, 3.05) is 18.0 Å². The standard InChI is InChI=1S/C28H33ClFN5O/c1-16(2)34-15-31-23-13-22(32-26(29)25(23)34)17-7-8-21-24(10-17)35(27(36)28(21,3)4)20-11-19(12-20)33-9-5-6-18(30)14-33/h7-8,10,13,15-16,18-20H,5-6,9,11-12,14H2,1-4H3. The molecule has 2 aliphatic heterocycles. The molecule has 1 aromatic carbocycles. The molecular weight excluding hydrogens is 477 g/mol. The Morgan fingerprint density at radius 2 is 1.94 bits per heavy atom. The minimum Gasteiger partial charge on any atom is -0.326 e.